The van der Waals surface area contributed by atoms with Crippen LogP contribution in [-0.4, -0.2) is 17.3 Å². The summed E-state index contributed by atoms with van der Waals surface area (Å²) < 4.78 is 0. The van der Waals surface area contributed by atoms with Gasteiger partial charge in [0.2, 0.25) is 0 Å². The molecule has 1 nitrogen and oxygen atoms in total. The number of hydrogen-bond donors (Lipinski definition) is 1. The van der Waals surface area contributed by atoms with Crippen molar-refractivity contribution in [2.24, 2.45) is 0 Å². The van der Waals surface area contributed by atoms with Crippen LogP contribution in [0.1, 0.15) is 6.42 Å². The fourth-order valence-electron chi connectivity index (χ4n) is 0.487. The molecule has 1 saturated heterocycles. The molecule has 0 N–H and O–H groups in total. The Morgan fingerprint density at radius 1 is 1.67 bits per heavy atom. The van der Waals surface area contributed by atoms with Gasteiger partial charge in [-0.05, 0) is 5.75 Å². The summed E-state index contributed by atoms with van der Waals surface area (Å²) >= 11 is 1.34. The number of Topliss-reactive ketones (excluding diaryl/α,β-unsaturated/α-hetero) is 1. The van der Waals surface area contributed by atoms with Gasteiger partial charge in [0.05, 0.1) is 0 Å². The lowest BCUT2D eigenvalue weighted by Crippen LogP contribution is -1.89. The second-order valence-electron chi connectivity index (χ2n) is 1.39. The molecule has 1 heterocycles. The van der Waals surface area contributed by atoms with Crippen LogP contribution in [0.2, 0.25) is 0 Å². The number of rotatable bonds is 0. The van der Waals surface area contributed by atoms with E-state index in [0.717, 1.165) is 17.9 Å². The standard InChI is InChI=1S/C4H7OS/c5-4-1-2-6-3-4/h6H,1-3H2. The maximum atomic E-state index is 10.2. The van der Waals surface area contributed by atoms with Crippen LogP contribution in [-0.2, 0) is 4.79 Å². The molecule has 0 aliphatic carbocycles. The molecule has 0 aromatic carbocycles. The third-order valence-electron chi connectivity index (χ3n) is 0.837. The summed E-state index contributed by atoms with van der Waals surface area (Å²) in [7, 11) is 0. The van der Waals surface area contributed by atoms with Gasteiger partial charge in [0.1, 0.15) is 5.78 Å². The van der Waals surface area contributed by atoms with Crippen LogP contribution >= 0.6 is 11.8 Å². The van der Waals surface area contributed by atoms with Crippen LogP contribution in [0.3, 0.4) is 0 Å². The van der Waals surface area contributed by atoms with Gasteiger partial charge in [-0.25, -0.2) is 11.8 Å². The van der Waals surface area contributed by atoms with E-state index in [-0.39, 0.29) is 0 Å². The van der Waals surface area contributed by atoms with Crippen LogP contribution in [0.25, 0.3) is 0 Å². The fourth-order valence-corrected chi connectivity index (χ4v) is 1.46. The smallest absolute Gasteiger partial charge is 0.142 e. The quantitative estimate of drug-likeness (QED) is 0.440. The first-order chi connectivity index (χ1) is 2.89. The normalized spacial score (nSPS) is 22.3. The van der Waals surface area contributed by atoms with Crippen molar-refractivity contribution in [1.82, 2.24) is 0 Å². The van der Waals surface area contributed by atoms with E-state index in [4.69, 9.17) is 0 Å². The zero-order valence-electron chi connectivity index (χ0n) is 3.48. The first-order valence-electron chi connectivity index (χ1n) is 2.04. The molecular formula is C4H7OS. The maximum Gasteiger partial charge on any atom is 0.142 e. The molecule has 0 bridgehead atoms. The Labute approximate surface area is 41.1 Å². The summed E-state index contributed by atoms with van der Waals surface area (Å²) in [5, 5.41) is 0. The Kier molecular flexibility index (Phi) is 1.15. The van der Waals surface area contributed by atoms with Crippen LogP contribution in [0.4, 0.5) is 0 Å². The van der Waals surface area contributed by atoms with Gasteiger partial charge in [0.15, 0.2) is 0 Å². The van der Waals surface area contributed by atoms with Crippen molar-refractivity contribution in [3.05, 3.63) is 0 Å². The number of ketones is 1. The van der Waals surface area contributed by atoms with Gasteiger partial charge in [-0.3, -0.25) is 4.79 Å². The van der Waals surface area contributed by atoms with Gasteiger partial charge in [-0.15, -0.1) is 0 Å². The molecule has 0 spiro atoms. The molecule has 1 rings (SSSR count). The highest BCUT2D eigenvalue weighted by Crippen LogP contribution is 2.11. The number of carbonyl (C=O) groups excluding carboxylic acids is 1. The number of thiol groups is 1. The molecule has 0 amide bonds. The zero-order valence-corrected chi connectivity index (χ0v) is 4.37. The second kappa shape index (κ2) is 1.65. The Morgan fingerprint density at radius 3 is 2.67 bits per heavy atom. The van der Waals surface area contributed by atoms with E-state index < -0.39 is 0 Å². The molecule has 1 aliphatic rings. The van der Waals surface area contributed by atoms with Gasteiger partial charge < -0.3 is 0 Å². The van der Waals surface area contributed by atoms with Gasteiger partial charge in [0.25, 0.3) is 0 Å². The van der Waals surface area contributed by atoms with Gasteiger partial charge in [-0.1, -0.05) is 0 Å². The highest BCUT2D eigenvalue weighted by molar-refractivity contribution is 8.00. The monoisotopic (exact) mass is 103 g/mol. The Morgan fingerprint density at radius 2 is 2.50 bits per heavy atom. The highest BCUT2D eigenvalue weighted by atomic mass is 32.2. The minimum atomic E-state index is 0.441. The van der Waals surface area contributed by atoms with Crippen molar-refractivity contribution in [3.8, 4) is 0 Å². The van der Waals surface area contributed by atoms with Crippen molar-refractivity contribution in [1.29, 1.82) is 0 Å². The zero-order chi connectivity index (χ0) is 4.41. The van der Waals surface area contributed by atoms with E-state index in [1.165, 1.54) is 11.8 Å². The van der Waals surface area contributed by atoms with Gasteiger partial charge in [-0.2, -0.15) is 0 Å². The van der Waals surface area contributed by atoms with E-state index >= 15 is 0 Å². The summed E-state index contributed by atoms with van der Waals surface area (Å²) in [6, 6.07) is 0. The lowest BCUT2D eigenvalue weighted by Gasteiger charge is -1.72. The molecule has 2 heteroatoms. The molecule has 0 saturated carbocycles. The molecular weight excluding hydrogens is 96.1 g/mol. The van der Waals surface area contributed by atoms with Crippen molar-refractivity contribution in [2.45, 2.75) is 6.42 Å². The molecule has 0 aromatic heterocycles. The van der Waals surface area contributed by atoms with Crippen LogP contribution in [0.15, 0.2) is 0 Å². The lowest BCUT2D eigenvalue weighted by molar-refractivity contribution is -0.115. The predicted octanol–water partition coefficient (Wildman–Crippen LogP) is 0.425. The Bertz CT molecular complexity index is 61.9. The summed E-state index contributed by atoms with van der Waals surface area (Å²) in [5.41, 5.74) is 0. The van der Waals surface area contributed by atoms with Gasteiger partial charge in [0, 0.05) is 12.2 Å². The molecule has 1 radical (unpaired) electrons. The van der Waals surface area contributed by atoms with E-state index in [0.29, 0.717) is 5.78 Å². The minimum Gasteiger partial charge on any atom is -0.299 e. The molecule has 0 unspecified atom stereocenters. The van der Waals surface area contributed by atoms with Crippen LogP contribution in [0, 0.1) is 0 Å². The number of carbonyl (C=O) groups is 1. The van der Waals surface area contributed by atoms with E-state index in [9.17, 15) is 4.79 Å². The molecule has 35 valence electrons. The SMILES string of the molecule is O=C1CC[SH]C1. The number of hydrogen-bond acceptors (Lipinski definition) is 1. The molecule has 1 fully saturated rings. The van der Waals surface area contributed by atoms with E-state index in [1.807, 2.05) is 0 Å². The average molecular weight is 103 g/mol. The van der Waals surface area contributed by atoms with Crippen LogP contribution in [0.5, 0.6) is 0 Å². The van der Waals surface area contributed by atoms with Crippen molar-refractivity contribution >= 4 is 17.5 Å². The molecule has 6 heavy (non-hydrogen) atoms. The van der Waals surface area contributed by atoms with Crippen molar-refractivity contribution in [2.75, 3.05) is 11.5 Å². The third-order valence-corrected chi connectivity index (χ3v) is 1.95. The first kappa shape index (κ1) is 4.19. The summed E-state index contributed by atoms with van der Waals surface area (Å²) in [6.07, 6.45) is 0.835. The molecule has 1 aliphatic heterocycles. The Balaban J connectivity index is 2.37. The topological polar surface area (TPSA) is 17.1 Å². The summed E-state index contributed by atoms with van der Waals surface area (Å²) in [5.74, 6) is 2.37. The second-order valence-corrected chi connectivity index (χ2v) is 2.60. The lowest BCUT2D eigenvalue weighted by atomic mass is 10.4. The summed E-state index contributed by atoms with van der Waals surface area (Å²) in [4.78, 5) is 10.2. The fraction of sp³-hybridized carbons (Fsp3) is 0.750. The largest absolute Gasteiger partial charge is 0.299 e. The van der Waals surface area contributed by atoms with Crippen LogP contribution < -0.4 is 0 Å². The summed E-state index contributed by atoms with van der Waals surface area (Å²) in [6.45, 7) is 0. The maximum absolute atomic E-state index is 10.2. The van der Waals surface area contributed by atoms with E-state index in [1.54, 1.807) is 0 Å². The predicted molar refractivity (Wildman–Crippen MR) is 28.3 cm³/mol. The van der Waals surface area contributed by atoms with Crippen molar-refractivity contribution < 1.29 is 4.79 Å². The molecule has 0 atom stereocenters. The average Bonchev–Trinajstić information content (AvgIpc) is 1.86. The molecule has 0 aromatic rings. The van der Waals surface area contributed by atoms with E-state index in [2.05, 4.69) is 0 Å². The first-order valence-corrected chi connectivity index (χ1v) is 3.31. The van der Waals surface area contributed by atoms with Crippen molar-refractivity contribution in [3.63, 3.8) is 0 Å². The van der Waals surface area contributed by atoms with Gasteiger partial charge >= 0.3 is 0 Å². The highest BCUT2D eigenvalue weighted by Gasteiger charge is 2.06. The minimum absolute atomic E-state index is 0.441. The third kappa shape index (κ3) is 0.744. The Hall–Kier alpha value is 0.0200.